The van der Waals surface area contributed by atoms with Crippen LogP contribution >= 0.6 is 0 Å². The van der Waals surface area contributed by atoms with E-state index in [-0.39, 0.29) is 0 Å². The number of aliphatic carboxylic acids is 1. The molecule has 3 aromatic rings. The normalized spacial score (nSPS) is 23.1. The average Bonchev–Trinajstić information content (AvgIpc) is 2.97. The largest absolute Gasteiger partial charge is 0.492 e. The van der Waals surface area contributed by atoms with Gasteiger partial charge in [0.1, 0.15) is 36.4 Å². The van der Waals surface area contributed by atoms with Crippen molar-refractivity contribution in [3.05, 3.63) is 95.6 Å². The van der Waals surface area contributed by atoms with Gasteiger partial charge >= 0.3 is 5.97 Å². The van der Waals surface area contributed by atoms with Crippen LogP contribution in [0.2, 0.25) is 0 Å². The summed E-state index contributed by atoms with van der Waals surface area (Å²) in [5.41, 5.74) is 5.20. The van der Waals surface area contributed by atoms with Crippen LogP contribution in [0.1, 0.15) is 30.0 Å². The van der Waals surface area contributed by atoms with E-state index in [2.05, 4.69) is 24.0 Å². The molecular weight excluding hydrogens is 526 g/mol. The van der Waals surface area contributed by atoms with Crippen molar-refractivity contribution in [1.82, 2.24) is 4.90 Å². The first-order valence-electron chi connectivity index (χ1n) is 13.6. The minimum atomic E-state index is -1.78. The molecule has 3 aromatic carbocycles. The van der Waals surface area contributed by atoms with Crippen molar-refractivity contribution in [2.75, 3.05) is 27.2 Å². The fourth-order valence-corrected chi connectivity index (χ4v) is 4.73. The van der Waals surface area contributed by atoms with Gasteiger partial charge in [0, 0.05) is 6.54 Å². The second kappa shape index (κ2) is 13.8. The Bertz CT molecular complexity index is 1310. The number of carboxylic acid groups (broad SMARTS) is 1. The molecule has 1 aliphatic rings. The van der Waals surface area contributed by atoms with Gasteiger partial charge in [-0.05, 0) is 72.6 Å². The lowest BCUT2D eigenvalue weighted by molar-refractivity contribution is -0.271. The molecule has 0 spiro atoms. The first-order chi connectivity index (χ1) is 19.7. The molecule has 4 N–H and O–H groups in total. The van der Waals surface area contributed by atoms with Gasteiger partial charge < -0.3 is 39.5 Å². The molecule has 1 heterocycles. The van der Waals surface area contributed by atoms with Gasteiger partial charge in [-0.3, -0.25) is 0 Å². The summed E-state index contributed by atoms with van der Waals surface area (Å²) in [6.07, 6.45) is -7.61. The monoisotopic (exact) mass is 563 g/mol. The summed E-state index contributed by atoms with van der Waals surface area (Å²) in [5.74, 6) is -0.383. The Labute approximate surface area is 239 Å². The van der Waals surface area contributed by atoms with Crippen molar-refractivity contribution in [1.29, 1.82) is 0 Å². The zero-order valence-electron chi connectivity index (χ0n) is 23.4. The van der Waals surface area contributed by atoms with Gasteiger partial charge in [0.15, 0.2) is 6.10 Å². The molecule has 9 nitrogen and oxygen atoms in total. The van der Waals surface area contributed by atoms with Crippen molar-refractivity contribution < 1.29 is 39.4 Å². The van der Waals surface area contributed by atoms with Crippen LogP contribution < -0.4 is 9.47 Å². The Morgan fingerprint density at radius 3 is 1.93 bits per heavy atom. The zero-order valence-corrected chi connectivity index (χ0v) is 23.4. The molecule has 41 heavy (non-hydrogen) atoms. The zero-order chi connectivity index (χ0) is 29.5. The maximum absolute atomic E-state index is 11.4. The molecule has 1 fully saturated rings. The molecule has 0 saturated carbocycles. The molecule has 218 valence electrons. The van der Waals surface area contributed by atoms with Crippen molar-refractivity contribution >= 4 is 17.1 Å². The molecule has 0 aliphatic carbocycles. The number of rotatable bonds is 11. The van der Waals surface area contributed by atoms with Crippen molar-refractivity contribution in [2.45, 2.75) is 44.1 Å². The summed E-state index contributed by atoms with van der Waals surface area (Å²) in [6.45, 7) is 3.51. The van der Waals surface area contributed by atoms with Crippen LogP contribution in [0.5, 0.6) is 11.5 Å². The SMILES string of the molecule is CC/C(=C(\c1ccc(OCCN(C)C)cc1)c1ccc(O[C@@H]2O[C@H](C(=O)O)[C@@H](O)C(O)C2O)cc1)c1ccccc1. The highest BCUT2D eigenvalue weighted by atomic mass is 16.7. The number of likely N-dealkylation sites (N-methyl/N-ethyl adjacent to an activating group) is 1. The molecule has 1 aliphatic heterocycles. The lowest BCUT2D eigenvalue weighted by Crippen LogP contribution is -2.61. The van der Waals surface area contributed by atoms with Gasteiger partial charge in [0.05, 0.1) is 0 Å². The second-order valence-corrected chi connectivity index (χ2v) is 10.1. The Morgan fingerprint density at radius 2 is 1.39 bits per heavy atom. The Morgan fingerprint density at radius 1 is 0.805 bits per heavy atom. The highest BCUT2D eigenvalue weighted by molar-refractivity contribution is 5.98. The quantitative estimate of drug-likeness (QED) is 0.260. The van der Waals surface area contributed by atoms with Crippen molar-refractivity contribution in [3.8, 4) is 11.5 Å². The smallest absolute Gasteiger partial charge is 0.335 e. The Balaban J connectivity index is 1.64. The van der Waals surface area contributed by atoms with Gasteiger partial charge in [0.25, 0.3) is 0 Å². The summed E-state index contributed by atoms with van der Waals surface area (Å²) < 4.78 is 16.8. The predicted molar refractivity (Wildman–Crippen MR) is 155 cm³/mol. The number of carboxylic acids is 1. The third-order valence-corrected chi connectivity index (χ3v) is 6.94. The maximum atomic E-state index is 11.4. The van der Waals surface area contributed by atoms with Crippen molar-refractivity contribution in [2.24, 2.45) is 0 Å². The number of nitrogens with zero attached hydrogens (tertiary/aromatic N) is 1. The minimum Gasteiger partial charge on any atom is -0.492 e. The highest BCUT2D eigenvalue weighted by Crippen LogP contribution is 2.36. The number of benzene rings is 3. The number of aliphatic hydroxyl groups excluding tert-OH is 3. The van der Waals surface area contributed by atoms with Crippen LogP contribution in [0.25, 0.3) is 11.1 Å². The summed E-state index contributed by atoms with van der Waals surface area (Å²) in [7, 11) is 4.00. The molecule has 0 aromatic heterocycles. The molecule has 9 heteroatoms. The van der Waals surface area contributed by atoms with Crippen LogP contribution in [0.15, 0.2) is 78.9 Å². The average molecular weight is 564 g/mol. The maximum Gasteiger partial charge on any atom is 0.335 e. The van der Waals surface area contributed by atoms with E-state index in [1.165, 1.54) is 0 Å². The lowest BCUT2D eigenvalue weighted by Gasteiger charge is -2.38. The van der Waals surface area contributed by atoms with Gasteiger partial charge in [-0.1, -0.05) is 61.5 Å². The molecule has 0 amide bonds. The van der Waals surface area contributed by atoms with Crippen LogP contribution in [-0.4, -0.2) is 89.2 Å². The fourth-order valence-electron chi connectivity index (χ4n) is 4.73. The number of ether oxygens (including phenoxy) is 3. The van der Waals surface area contributed by atoms with E-state index in [0.717, 1.165) is 46.6 Å². The topological polar surface area (TPSA) is 129 Å². The van der Waals surface area contributed by atoms with E-state index in [1.807, 2.05) is 68.7 Å². The molecule has 0 radical (unpaired) electrons. The molecule has 4 rings (SSSR count). The summed E-state index contributed by atoms with van der Waals surface area (Å²) in [6, 6.07) is 25.3. The third-order valence-electron chi connectivity index (χ3n) is 6.94. The fraction of sp³-hybridized carbons (Fsp3) is 0.344. The second-order valence-electron chi connectivity index (χ2n) is 10.1. The third kappa shape index (κ3) is 7.32. The first kappa shape index (κ1) is 30.2. The predicted octanol–water partition coefficient (Wildman–Crippen LogP) is 3.27. The molecule has 5 atom stereocenters. The van der Waals surface area contributed by atoms with E-state index in [9.17, 15) is 25.2 Å². The Hall–Kier alpha value is -3.73. The number of allylic oxidation sites excluding steroid dienone is 1. The molecule has 2 unspecified atom stereocenters. The van der Waals surface area contributed by atoms with Crippen molar-refractivity contribution in [3.63, 3.8) is 0 Å². The molecule has 1 saturated heterocycles. The van der Waals surface area contributed by atoms with Gasteiger partial charge in [-0.15, -0.1) is 0 Å². The van der Waals surface area contributed by atoms with Crippen LogP contribution in [0, 0.1) is 0 Å². The van der Waals surface area contributed by atoms with Gasteiger partial charge in [0.2, 0.25) is 6.29 Å². The number of hydrogen-bond donors (Lipinski definition) is 4. The van der Waals surface area contributed by atoms with Gasteiger partial charge in [-0.25, -0.2) is 4.79 Å². The van der Waals surface area contributed by atoms with Crippen LogP contribution in [0.4, 0.5) is 0 Å². The summed E-state index contributed by atoms with van der Waals surface area (Å²) in [4.78, 5) is 13.5. The van der Waals surface area contributed by atoms with Gasteiger partial charge in [-0.2, -0.15) is 0 Å². The lowest BCUT2D eigenvalue weighted by atomic mass is 9.88. The number of hydrogen-bond acceptors (Lipinski definition) is 8. The molecule has 0 bridgehead atoms. The first-order valence-corrected chi connectivity index (χ1v) is 13.6. The van der Waals surface area contributed by atoms with Crippen LogP contribution in [0.3, 0.4) is 0 Å². The van der Waals surface area contributed by atoms with E-state index >= 15 is 0 Å². The van der Waals surface area contributed by atoms with E-state index in [4.69, 9.17) is 14.2 Å². The van der Waals surface area contributed by atoms with E-state index in [0.29, 0.717) is 12.4 Å². The van der Waals surface area contributed by atoms with E-state index in [1.54, 1.807) is 12.1 Å². The number of aliphatic hydroxyl groups is 3. The summed E-state index contributed by atoms with van der Waals surface area (Å²) >= 11 is 0. The highest BCUT2D eigenvalue weighted by Gasteiger charge is 2.48. The summed E-state index contributed by atoms with van der Waals surface area (Å²) in [5, 5.41) is 39.7. The minimum absolute atomic E-state index is 0.298. The number of carbonyl (C=O) groups is 1. The standard InChI is InChI=1S/C32H37NO8/c1-4-25(20-8-6-5-7-9-20)26(21-10-14-23(15-11-21)39-19-18-33(2)3)22-12-16-24(17-13-22)40-32-29(36)27(34)28(35)30(41-32)31(37)38/h5-17,27-30,32,34-36H,4,18-19H2,1-3H3,(H,37,38)/b26-25-/t27?,28-,29?,30-,32+/m0/s1. The Kier molecular flexibility index (Phi) is 10.1. The van der Waals surface area contributed by atoms with Crippen LogP contribution in [-0.2, 0) is 9.53 Å². The van der Waals surface area contributed by atoms with E-state index < -0.39 is 36.7 Å². The molecular formula is C32H37NO8.